The van der Waals surface area contributed by atoms with Crippen LogP contribution in [0.4, 0.5) is 9.18 Å². The molecule has 2 unspecified atom stereocenters. The van der Waals surface area contributed by atoms with E-state index in [1.54, 1.807) is 34.6 Å². The summed E-state index contributed by atoms with van der Waals surface area (Å²) in [7, 11) is 0. The van der Waals surface area contributed by atoms with Crippen LogP contribution < -0.4 is 0 Å². The molecular formula is C18H26FNO4. The van der Waals surface area contributed by atoms with E-state index < -0.39 is 29.7 Å². The first-order valence-corrected chi connectivity index (χ1v) is 8.12. The molecule has 1 N–H and O–H groups in total. The van der Waals surface area contributed by atoms with Crippen LogP contribution >= 0.6 is 0 Å². The third-order valence-corrected chi connectivity index (χ3v) is 3.93. The van der Waals surface area contributed by atoms with Crippen molar-refractivity contribution in [3.8, 4) is 0 Å². The second kappa shape index (κ2) is 7.07. The van der Waals surface area contributed by atoms with Crippen molar-refractivity contribution in [1.82, 2.24) is 4.90 Å². The van der Waals surface area contributed by atoms with Gasteiger partial charge in [0.25, 0.3) is 0 Å². The van der Waals surface area contributed by atoms with Gasteiger partial charge in [-0.3, -0.25) is 4.90 Å². The van der Waals surface area contributed by atoms with Gasteiger partial charge in [0.15, 0.2) is 0 Å². The number of ether oxygens (including phenoxy) is 2. The lowest BCUT2D eigenvalue weighted by Crippen LogP contribution is -2.53. The summed E-state index contributed by atoms with van der Waals surface area (Å²) in [5.41, 5.74) is 0.986. The van der Waals surface area contributed by atoms with Gasteiger partial charge in [0, 0.05) is 12.1 Å². The lowest BCUT2D eigenvalue weighted by Gasteiger charge is -2.39. The van der Waals surface area contributed by atoms with Gasteiger partial charge in [0.05, 0.1) is 19.3 Å². The molecule has 1 amide bonds. The Labute approximate surface area is 142 Å². The Kier molecular flexibility index (Phi) is 5.50. The average molecular weight is 339 g/mol. The van der Waals surface area contributed by atoms with Crippen LogP contribution in [0.2, 0.25) is 0 Å². The Morgan fingerprint density at radius 3 is 2.67 bits per heavy atom. The first-order chi connectivity index (χ1) is 11.1. The van der Waals surface area contributed by atoms with Gasteiger partial charge in [0.2, 0.25) is 0 Å². The number of benzene rings is 1. The highest BCUT2D eigenvalue weighted by atomic mass is 19.1. The number of rotatable bonds is 2. The summed E-state index contributed by atoms with van der Waals surface area (Å²) in [5.74, 6) is -0.477. The molecule has 1 aromatic rings. The Bertz CT molecular complexity index is 589. The number of hydrogen-bond acceptors (Lipinski definition) is 4. The van der Waals surface area contributed by atoms with E-state index in [0.717, 1.165) is 5.56 Å². The molecule has 0 aliphatic carbocycles. The van der Waals surface area contributed by atoms with Crippen molar-refractivity contribution in [3.05, 3.63) is 34.6 Å². The Balaban J connectivity index is 2.29. The third kappa shape index (κ3) is 4.24. The predicted molar refractivity (Wildman–Crippen MR) is 88.4 cm³/mol. The van der Waals surface area contributed by atoms with E-state index in [0.29, 0.717) is 18.7 Å². The Morgan fingerprint density at radius 1 is 1.42 bits per heavy atom. The summed E-state index contributed by atoms with van der Waals surface area (Å²) in [6.45, 7) is 9.66. The number of nitrogens with zero attached hydrogens (tertiary/aromatic N) is 1. The highest BCUT2D eigenvalue weighted by Crippen LogP contribution is 2.30. The molecule has 5 nitrogen and oxygen atoms in total. The van der Waals surface area contributed by atoms with Gasteiger partial charge in [0.1, 0.15) is 17.5 Å². The van der Waals surface area contributed by atoms with Crippen molar-refractivity contribution < 1.29 is 23.8 Å². The number of aliphatic hydroxyl groups excluding tert-OH is 1. The maximum Gasteiger partial charge on any atom is 0.410 e. The zero-order valence-corrected chi connectivity index (χ0v) is 14.9. The van der Waals surface area contributed by atoms with E-state index in [4.69, 9.17) is 9.47 Å². The summed E-state index contributed by atoms with van der Waals surface area (Å²) in [5, 5.41) is 10.7. The quantitative estimate of drug-likeness (QED) is 0.899. The molecule has 134 valence electrons. The molecule has 0 bridgehead atoms. The van der Waals surface area contributed by atoms with Gasteiger partial charge in [-0.2, -0.15) is 0 Å². The van der Waals surface area contributed by atoms with Crippen molar-refractivity contribution in [2.45, 2.75) is 52.4 Å². The van der Waals surface area contributed by atoms with Crippen LogP contribution in [-0.2, 0) is 9.47 Å². The number of hydrogen-bond donors (Lipinski definition) is 1. The van der Waals surface area contributed by atoms with Crippen LogP contribution in [0, 0.1) is 19.7 Å². The van der Waals surface area contributed by atoms with Gasteiger partial charge in [-0.25, -0.2) is 9.18 Å². The monoisotopic (exact) mass is 339 g/mol. The first-order valence-electron chi connectivity index (χ1n) is 8.12. The van der Waals surface area contributed by atoms with E-state index in [1.807, 2.05) is 6.07 Å². The standard InChI is InChI=1S/C18H26FNO4/c1-11-8-12(2)15(13(19)9-11)16(21)14-10-23-7-6-20(14)17(22)24-18(3,4)5/h8-9,14,16,21H,6-7,10H2,1-5H3. The fraction of sp³-hybridized carbons (Fsp3) is 0.611. The number of carbonyl (C=O) groups is 1. The number of amides is 1. The first kappa shape index (κ1) is 18.7. The normalized spacial score (nSPS) is 20.0. The van der Waals surface area contributed by atoms with Crippen LogP contribution in [0.1, 0.15) is 43.6 Å². The van der Waals surface area contributed by atoms with Gasteiger partial charge < -0.3 is 14.6 Å². The molecule has 1 fully saturated rings. The summed E-state index contributed by atoms with van der Waals surface area (Å²) < 4.78 is 25.2. The largest absolute Gasteiger partial charge is 0.444 e. The fourth-order valence-corrected chi connectivity index (χ4v) is 2.93. The molecule has 0 aromatic heterocycles. The molecule has 6 heteroatoms. The van der Waals surface area contributed by atoms with Crippen LogP contribution in [-0.4, -0.2) is 47.5 Å². The number of aryl methyl sites for hydroxylation is 2. The molecule has 2 rings (SSSR count). The van der Waals surface area contributed by atoms with Crippen LogP contribution in [0.15, 0.2) is 12.1 Å². The number of aliphatic hydroxyl groups is 1. The molecule has 1 saturated heterocycles. The van der Waals surface area contributed by atoms with Gasteiger partial charge in [-0.05, 0) is 51.8 Å². The summed E-state index contributed by atoms with van der Waals surface area (Å²) in [4.78, 5) is 13.9. The highest BCUT2D eigenvalue weighted by molar-refractivity contribution is 5.69. The van der Waals surface area contributed by atoms with Crippen LogP contribution in [0.25, 0.3) is 0 Å². The molecule has 0 spiro atoms. The predicted octanol–water partition coefficient (Wildman–Crippen LogP) is 3.11. The number of halogens is 1. The van der Waals surface area contributed by atoms with E-state index in [9.17, 15) is 14.3 Å². The van der Waals surface area contributed by atoms with Gasteiger partial charge in [-0.15, -0.1) is 0 Å². The van der Waals surface area contributed by atoms with Crippen molar-refractivity contribution in [2.24, 2.45) is 0 Å². The van der Waals surface area contributed by atoms with E-state index in [2.05, 4.69) is 0 Å². The minimum atomic E-state index is -1.18. The zero-order chi connectivity index (χ0) is 18.1. The number of carbonyl (C=O) groups excluding carboxylic acids is 1. The van der Waals surface area contributed by atoms with Gasteiger partial charge in [-0.1, -0.05) is 6.07 Å². The third-order valence-electron chi connectivity index (χ3n) is 3.93. The molecule has 0 saturated carbocycles. The lowest BCUT2D eigenvalue weighted by molar-refractivity contribution is -0.0680. The minimum absolute atomic E-state index is 0.132. The van der Waals surface area contributed by atoms with Crippen molar-refractivity contribution in [1.29, 1.82) is 0 Å². The molecule has 1 aliphatic rings. The van der Waals surface area contributed by atoms with Gasteiger partial charge >= 0.3 is 6.09 Å². The highest BCUT2D eigenvalue weighted by Gasteiger charge is 2.37. The average Bonchev–Trinajstić information content (AvgIpc) is 2.44. The van der Waals surface area contributed by atoms with Crippen LogP contribution in [0.3, 0.4) is 0 Å². The van der Waals surface area contributed by atoms with Crippen molar-refractivity contribution in [2.75, 3.05) is 19.8 Å². The molecule has 1 aromatic carbocycles. The summed E-state index contributed by atoms with van der Waals surface area (Å²) in [6.07, 6.45) is -1.71. The Morgan fingerprint density at radius 2 is 2.08 bits per heavy atom. The number of morpholine rings is 1. The topological polar surface area (TPSA) is 59.0 Å². The van der Waals surface area contributed by atoms with E-state index in [-0.39, 0.29) is 12.2 Å². The minimum Gasteiger partial charge on any atom is -0.444 e. The van der Waals surface area contributed by atoms with E-state index in [1.165, 1.54) is 11.0 Å². The maximum atomic E-state index is 14.4. The molecule has 2 atom stereocenters. The van der Waals surface area contributed by atoms with E-state index >= 15 is 0 Å². The SMILES string of the molecule is Cc1cc(C)c(C(O)C2COCCN2C(=O)OC(C)(C)C)c(F)c1. The lowest BCUT2D eigenvalue weighted by atomic mass is 9.94. The summed E-state index contributed by atoms with van der Waals surface area (Å²) >= 11 is 0. The molecular weight excluding hydrogens is 313 g/mol. The molecule has 0 radical (unpaired) electrons. The Hall–Kier alpha value is -1.66. The van der Waals surface area contributed by atoms with Crippen molar-refractivity contribution >= 4 is 6.09 Å². The molecule has 1 aliphatic heterocycles. The maximum absolute atomic E-state index is 14.4. The fourth-order valence-electron chi connectivity index (χ4n) is 2.93. The molecule has 24 heavy (non-hydrogen) atoms. The smallest absolute Gasteiger partial charge is 0.410 e. The molecule has 1 heterocycles. The van der Waals surface area contributed by atoms with Crippen LogP contribution in [0.5, 0.6) is 0 Å². The zero-order valence-electron chi connectivity index (χ0n) is 14.9. The second-order valence-corrected chi connectivity index (χ2v) is 7.24. The second-order valence-electron chi connectivity index (χ2n) is 7.24. The van der Waals surface area contributed by atoms with Crippen molar-refractivity contribution in [3.63, 3.8) is 0 Å². The summed E-state index contributed by atoms with van der Waals surface area (Å²) in [6, 6.07) is 2.50.